The average molecular weight is 272 g/mol. The van der Waals surface area contributed by atoms with Crippen molar-refractivity contribution in [3.05, 3.63) is 12.2 Å². The molecule has 1 saturated carbocycles. The molecule has 2 unspecified atom stereocenters. The Bertz CT molecular complexity index is 535. The van der Waals surface area contributed by atoms with Crippen LogP contribution in [0, 0.1) is 28.6 Å². The molecule has 0 aliphatic heterocycles. The molecule has 0 radical (unpaired) electrons. The zero-order valence-corrected chi connectivity index (χ0v) is 12.0. The first-order valence-corrected chi connectivity index (χ1v) is 7.08. The quantitative estimate of drug-likeness (QED) is 0.879. The summed E-state index contributed by atoms with van der Waals surface area (Å²) in [4.78, 5) is 3.89. The summed E-state index contributed by atoms with van der Waals surface area (Å²) < 4.78 is 1.69. The summed E-state index contributed by atoms with van der Waals surface area (Å²) in [5, 5.41) is 25.8. The Hall–Kier alpha value is -1.92. The summed E-state index contributed by atoms with van der Waals surface area (Å²) in [5.74, 6) is 0.521. The molecule has 0 aromatic carbocycles. The van der Waals surface area contributed by atoms with Gasteiger partial charge in [0.1, 0.15) is 17.9 Å². The lowest BCUT2D eigenvalue weighted by Crippen LogP contribution is -2.50. The third-order valence-corrected chi connectivity index (χ3v) is 3.91. The van der Waals surface area contributed by atoms with Gasteiger partial charge in [-0.2, -0.15) is 10.5 Å². The van der Waals surface area contributed by atoms with E-state index in [2.05, 4.69) is 35.3 Å². The molecule has 1 fully saturated rings. The second-order valence-corrected chi connectivity index (χ2v) is 5.70. The van der Waals surface area contributed by atoms with Crippen LogP contribution in [0.4, 0.5) is 0 Å². The van der Waals surface area contributed by atoms with Crippen molar-refractivity contribution in [2.75, 3.05) is 0 Å². The summed E-state index contributed by atoms with van der Waals surface area (Å²) in [6.45, 7) is 4.85. The van der Waals surface area contributed by atoms with Gasteiger partial charge in [-0.3, -0.25) is 10.00 Å². The van der Waals surface area contributed by atoms with Crippen molar-refractivity contribution < 1.29 is 0 Å². The molecule has 6 nitrogen and oxygen atoms in total. The monoisotopic (exact) mass is 272 g/mol. The minimum absolute atomic E-state index is 0.197. The highest BCUT2D eigenvalue weighted by molar-refractivity contribution is 5.14. The van der Waals surface area contributed by atoms with E-state index in [1.807, 2.05) is 6.07 Å². The Morgan fingerprint density at radius 1 is 1.55 bits per heavy atom. The van der Waals surface area contributed by atoms with Crippen LogP contribution in [-0.2, 0) is 6.54 Å². The van der Waals surface area contributed by atoms with E-state index in [9.17, 15) is 5.26 Å². The summed E-state index contributed by atoms with van der Waals surface area (Å²) in [6.07, 6.45) is 5.51. The van der Waals surface area contributed by atoms with Gasteiger partial charge in [0.05, 0.1) is 6.07 Å². The largest absolute Gasteiger partial charge is 0.297 e. The van der Waals surface area contributed by atoms with Gasteiger partial charge >= 0.3 is 0 Å². The number of nitrogens with one attached hydrogen (secondary N) is 1. The summed E-state index contributed by atoms with van der Waals surface area (Å²) in [7, 11) is 0. The van der Waals surface area contributed by atoms with Gasteiger partial charge in [0.2, 0.25) is 0 Å². The predicted molar refractivity (Wildman–Crippen MR) is 73.3 cm³/mol. The SMILES string of the molecule is CC(C)NC1(C#N)CCCC1CCn1cnc(C#N)n1. The maximum Gasteiger partial charge on any atom is 0.252 e. The molecule has 2 rings (SSSR count). The van der Waals surface area contributed by atoms with E-state index in [1.165, 1.54) is 0 Å². The maximum atomic E-state index is 9.58. The molecule has 1 heterocycles. The van der Waals surface area contributed by atoms with Crippen LogP contribution in [0.1, 0.15) is 45.4 Å². The van der Waals surface area contributed by atoms with Gasteiger partial charge in [-0.25, -0.2) is 4.98 Å². The first kappa shape index (κ1) is 14.5. The number of nitriles is 2. The Kier molecular flexibility index (Phi) is 4.36. The van der Waals surface area contributed by atoms with E-state index in [0.29, 0.717) is 18.5 Å². The van der Waals surface area contributed by atoms with E-state index in [0.717, 1.165) is 25.7 Å². The number of rotatable bonds is 5. The molecular weight excluding hydrogens is 252 g/mol. The van der Waals surface area contributed by atoms with Crippen LogP contribution >= 0.6 is 0 Å². The van der Waals surface area contributed by atoms with Crippen LogP contribution < -0.4 is 5.32 Å². The minimum atomic E-state index is -0.410. The molecule has 1 aliphatic rings. The second-order valence-electron chi connectivity index (χ2n) is 5.70. The molecule has 106 valence electrons. The highest BCUT2D eigenvalue weighted by Gasteiger charge is 2.43. The zero-order chi connectivity index (χ0) is 14.6. The van der Waals surface area contributed by atoms with Crippen molar-refractivity contribution in [1.29, 1.82) is 10.5 Å². The summed E-state index contributed by atoms with van der Waals surface area (Å²) in [5.41, 5.74) is -0.410. The molecule has 20 heavy (non-hydrogen) atoms. The topological polar surface area (TPSA) is 90.3 Å². The minimum Gasteiger partial charge on any atom is -0.297 e. The Morgan fingerprint density at radius 3 is 2.95 bits per heavy atom. The molecular formula is C14H20N6. The lowest BCUT2D eigenvalue weighted by Gasteiger charge is -2.32. The molecule has 1 aromatic heterocycles. The Labute approximate surface area is 119 Å². The standard InChI is InChI=1S/C14H20N6/c1-11(2)18-14(9-16)6-3-4-12(14)5-7-20-10-17-13(8-15)19-20/h10-12,18H,3-7H2,1-2H3. The van der Waals surface area contributed by atoms with E-state index in [1.54, 1.807) is 11.0 Å². The molecule has 2 atom stereocenters. The summed E-state index contributed by atoms with van der Waals surface area (Å²) >= 11 is 0. The van der Waals surface area contributed by atoms with Crippen LogP contribution in [-0.4, -0.2) is 26.3 Å². The Balaban J connectivity index is 2.00. The van der Waals surface area contributed by atoms with Crippen molar-refractivity contribution in [3.8, 4) is 12.1 Å². The number of nitrogens with zero attached hydrogens (tertiary/aromatic N) is 5. The number of aryl methyl sites for hydroxylation is 1. The highest BCUT2D eigenvalue weighted by Crippen LogP contribution is 2.38. The first-order valence-electron chi connectivity index (χ1n) is 7.08. The molecule has 0 bridgehead atoms. The van der Waals surface area contributed by atoms with E-state index >= 15 is 0 Å². The normalized spacial score (nSPS) is 25.6. The second kappa shape index (κ2) is 6.02. The van der Waals surface area contributed by atoms with Gasteiger partial charge in [-0.1, -0.05) is 6.42 Å². The highest BCUT2D eigenvalue weighted by atomic mass is 15.3. The third-order valence-electron chi connectivity index (χ3n) is 3.91. The molecule has 1 aromatic rings. The van der Waals surface area contributed by atoms with Crippen LogP contribution in [0.5, 0.6) is 0 Å². The number of hydrogen-bond acceptors (Lipinski definition) is 5. The lowest BCUT2D eigenvalue weighted by atomic mass is 9.85. The first-order chi connectivity index (χ1) is 9.59. The molecule has 6 heteroatoms. The fraction of sp³-hybridized carbons (Fsp3) is 0.714. The van der Waals surface area contributed by atoms with Gasteiger partial charge in [0.15, 0.2) is 0 Å². The van der Waals surface area contributed by atoms with Crippen molar-refractivity contribution in [2.24, 2.45) is 5.92 Å². The Morgan fingerprint density at radius 2 is 2.35 bits per heavy atom. The molecule has 1 aliphatic carbocycles. The predicted octanol–water partition coefficient (Wildman–Crippen LogP) is 1.60. The van der Waals surface area contributed by atoms with Crippen LogP contribution in [0.25, 0.3) is 0 Å². The van der Waals surface area contributed by atoms with Crippen molar-refractivity contribution >= 4 is 0 Å². The van der Waals surface area contributed by atoms with E-state index in [-0.39, 0.29) is 5.82 Å². The molecule has 1 N–H and O–H groups in total. The zero-order valence-electron chi connectivity index (χ0n) is 12.0. The van der Waals surface area contributed by atoms with Gasteiger partial charge < -0.3 is 0 Å². The van der Waals surface area contributed by atoms with Crippen molar-refractivity contribution in [3.63, 3.8) is 0 Å². The average Bonchev–Trinajstić information content (AvgIpc) is 3.02. The molecule has 0 spiro atoms. The fourth-order valence-electron chi connectivity index (χ4n) is 3.09. The van der Waals surface area contributed by atoms with E-state index in [4.69, 9.17) is 5.26 Å². The number of aromatic nitrogens is 3. The fourth-order valence-corrected chi connectivity index (χ4v) is 3.09. The van der Waals surface area contributed by atoms with E-state index < -0.39 is 5.54 Å². The van der Waals surface area contributed by atoms with Crippen LogP contribution in [0.15, 0.2) is 6.33 Å². The summed E-state index contributed by atoms with van der Waals surface area (Å²) in [6, 6.07) is 4.72. The van der Waals surface area contributed by atoms with Gasteiger partial charge in [-0.05, 0) is 39.0 Å². The maximum absolute atomic E-state index is 9.58. The van der Waals surface area contributed by atoms with Gasteiger partial charge in [0.25, 0.3) is 5.82 Å². The number of hydrogen-bond donors (Lipinski definition) is 1. The van der Waals surface area contributed by atoms with Crippen molar-refractivity contribution in [2.45, 2.75) is 57.7 Å². The third kappa shape index (κ3) is 2.97. The van der Waals surface area contributed by atoms with Gasteiger partial charge in [0, 0.05) is 12.6 Å². The van der Waals surface area contributed by atoms with Crippen LogP contribution in [0.3, 0.4) is 0 Å². The lowest BCUT2D eigenvalue weighted by molar-refractivity contribution is 0.269. The molecule has 0 saturated heterocycles. The van der Waals surface area contributed by atoms with Gasteiger partial charge in [-0.15, -0.1) is 5.10 Å². The molecule has 0 amide bonds. The smallest absolute Gasteiger partial charge is 0.252 e. The van der Waals surface area contributed by atoms with Crippen molar-refractivity contribution in [1.82, 2.24) is 20.1 Å². The van der Waals surface area contributed by atoms with Crippen LogP contribution in [0.2, 0.25) is 0 Å².